The fourth-order valence-electron chi connectivity index (χ4n) is 4.63. The van der Waals surface area contributed by atoms with Crippen LogP contribution < -0.4 is 10.3 Å². The third-order valence-electron chi connectivity index (χ3n) is 6.63. The van der Waals surface area contributed by atoms with E-state index in [2.05, 4.69) is 33.1 Å². The first-order valence-electron chi connectivity index (χ1n) is 13.0. The van der Waals surface area contributed by atoms with Gasteiger partial charge in [-0.2, -0.15) is 0 Å². The Morgan fingerprint density at radius 1 is 0.763 bits per heavy atom. The van der Waals surface area contributed by atoms with Crippen LogP contribution in [0.15, 0.2) is 115 Å². The van der Waals surface area contributed by atoms with Crippen LogP contribution in [0.25, 0.3) is 10.9 Å². The summed E-state index contributed by atoms with van der Waals surface area (Å²) in [4.78, 5) is 23.4. The summed E-state index contributed by atoms with van der Waals surface area (Å²) in [5.74, 6) is 0.818. The lowest BCUT2D eigenvalue weighted by Gasteiger charge is -2.22. The summed E-state index contributed by atoms with van der Waals surface area (Å²) in [7, 11) is 0. The van der Waals surface area contributed by atoms with Crippen LogP contribution in [0.5, 0.6) is 5.75 Å². The number of hydrogen-bond acceptors (Lipinski definition) is 5. The highest BCUT2D eigenvalue weighted by Crippen LogP contribution is 2.21. The molecule has 0 saturated heterocycles. The second kappa shape index (κ2) is 12.8. The molecule has 3 aromatic heterocycles. The van der Waals surface area contributed by atoms with Crippen molar-refractivity contribution >= 4 is 10.9 Å². The molecule has 5 rings (SSSR count). The highest BCUT2D eigenvalue weighted by molar-refractivity contribution is 5.80. The van der Waals surface area contributed by atoms with Gasteiger partial charge in [-0.25, -0.2) is 0 Å². The quantitative estimate of drug-likeness (QED) is 0.214. The second-order valence-electron chi connectivity index (χ2n) is 9.41. The fraction of sp³-hybridized carbons (Fsp3) is 0.219. The zero-order valence-corrected chi connectivity index (χ0v) is 21.4. The lowest BCUT2D eigenvalue weighted by atomic mass is 10.1. The van der Waals surface area contributed by atoms with Crippen LogP contribution in [-0.4, -0.2) is 39.1 Å². The molecule has 0 N–H and O–H groups in total. The van der Waals surface area contributed by atoms with E-state index in [1.54, 1.807) is 6.07 Å². The van der Waals surface area contributed by atoms with Crippen molar-refractivity contribution < 1.29 is 4.74 Å². The van der Waals surface area contributed by atoms with E-state index in [0.717, 1.165) is 54.7 Å². The first kappa shape index (κ1) is 25.4. The number of pyridine rings is 3. The van der Waals surface area contributed by atoms with E-state index in [1.165, 1.54) is 11.1 Å². The van der Waals surface area contributed by atoms with Gasteiger partial charge in [0.2, 0.25) is 0 Å². The van der Waals surface area contributed by atoms with Gasteiger partial charge in [-0.3, -0.25) is 19.7 Å². The smallest absolute Gasteiger partial charge is 0.251 e. The molecule has 5 aromatic rings. The summed E-state index contributed by atoms with van der Waals surface area (Å²) < 4.78 is 7.95. The van der Waals surface area contributed by atoms with Gasteiger partial charge < -0.3 is 9.30 Å². The minimum atomic E-state index is -0.00408. The van der Waals surface area contributed by atoms with E-state index >= 15 is 0 Å². The van der Waals surface area contributed by atoms with Gasteiger partial charge in [0.1, 0.15) is 5.75 Å². The number of hydrogen-bond donors (Lipinski definition) is 0. The Morgan fingerprint density at radius 3 is 2.42 bits per heavy atom. The Kier molecular flexibility index (Phi) is 8.54. The zero-order chi connectivity index (χ0) is 26.0. The van der Waals surface area contributed by atoms with Crippen molar-refractivity contribution in [1.82, 2.24) is 19.4 Å². The van der Waals surface area contributed by atoms with E-state index in [9.17, 15) is 4.79 Å². The van der Waals surface area contributed by atoms with Crippen molar-refractivity contribution in [3.8, 4) is 5.75 Å². The SMILES string of the molecule is O=c1ccc2cc(OCCCN(CCc3cccnc3)Cc3ccncc3)ccc2n1Cc1ccccc1. The molecule has 0 bridgehead atoms. The first-order chi connectivity index (χ1) is 18.7. The highest BCUT2D eigenvalue weighted by atomic mass is 16.5. The maximum absolute atomic E-state index is 12.6. The molecule has 0 spiro atoms. The summed E-state index contributed by atoms with van der Waals surface area (Å²) in [6.07, 6.45) is 9.30. The molecule has 0 radical (unpaired) electrons. The molecule has 192 valence electrons. The lowest BCUT2D eigenvalue weighted by molar-refractivity contribution is 0.230. The summed E-state index contributed by atoms with van der Waals surface area (Å²) in [6, 6.07) is 27.8. The molecule has 38 heavy (non-hydrogen) atoms. The molecular weight excluding hydrogens is 472 g/mol. The Labute approximate surface area is 223 Å². The van der Waals surface area contributed by atoms with Crippen LogP contribution in [0.4, 0.5) is 0 Å². The number of ether oxygens (including phenoxy) is 1. The Balaban J connectivity index is 1.20. The van der Waals surface area contributed by atoms with Crippen LogP contribution in [0.3, 0.4) is 0 Å². The Hall–Kier alpha value is -4.29. The molecule has 0 atom stereocenters. The van der Waals surface area contributed by atoms with Crippen molar-refractivity contribution in [1.29, 1.82) is 0 Å². The van der Waals surface area contributed by atoms with Gasteiger partial charge in [-0.15, -0.1) is 0 Å². The summed E-state index contributed by atoms with van der Waals surface area (Å²) in [5, 5.41) is 0.994. The van der Waals surface area contributed by atoms with E-state index in [-0.39, 0.29) is 5.56 Å². The molecule has 0 aliphatic rings. The number of fused-ring (bicyclic) bond motifs is 1. The Bertz CT molecular complexity index is 1490. The van der Waals surface area contributed by atoms with E-state index in [0.29, 0.717) is 13.2 Å². The van der Waals surface area contributed by atoms with Gasteiger partial charge in [0.15, 0.2) is 0 Å². The molecule has 6 nitrogen and oxygen atoms in total. The highest BCUT2D eigenvalue weighted by Gasteiger charge is 2.09. The van der Waals surface area contributed by atoms with Crippen LogP contribution in [0, 0.1) is 0 Å². The average molecular weight is 505 g/mol. The topological polar surface area (TPSA) is 60.2 Å². The zero-order valence-electron chi connectivity index (χ0n) is 21.4. The summed E-state index contributed by atoms with van der Waals surface area (Å²) in [6.45, 7) is 3.91. The van der Waals surface area contributed by atoms with Crippen molar-refractivity contribution in [2.75, 3.05) is 19.7 Å². The molecule has 0 saturated carbocycles. The second-order valence-corrected chi connectivity index (χ2v) is 9.41. The van der Waals surface area contributed by atoms with Crippen molar-refractivity contribution in [3.63, 3.8) is 0 Å². The maximum Gasteiger partial charge on any atom is 0.251 e. The summed E-state index contributed by atoms with van der Waals surface area (Å²) in [5.41, 5.74) is 4.50. The van der Waals surface area contributed by atoms with Crippen LogP contribution in [0.1, 0.15) is 23.1 Å². The number of benzene rings is 2. The summed E-state index contributed by atoms with van der Waals surface area (Å²) >= 11 is 0. The first-order valence-corrected chi connectivity index (χ1v) is 13.0. The Morgan fingerprint density at radius 2 is 1.61 bits per heavy atom. The maximum atomic E-state index is 12.6. The predicted octanol–water partition coefficient (Wildman–Crippen LogP) is 5.35. The van der Waals surface area contributed by atoms with Crippen molar-refractivity contribution in [2.45, 2.75) is 25.9 Å². The molecule has 0 aliphatic heterocycles. The fourth-order valence-corrected chi connectivity index (χ4v) is 4.63. The van der Waals surface area contributed by atoms with E-state index in [4.69, 9.17) is 4.74 Å². The molecule has 2 aromatic carbocycles. The van der Waals surface area contributed by atoms with Crippen LogP contribution in [0.2, 0.25) is 0 Å². The third kappa shape index (κ3) is 6.93. The van der Waals surface area contributed by atoms with Gasteiger partial charge in [0.25, 0.3) is 5.56 Å². The lowest BCUT2D eigenvalue weighted by Crippen LogP contribution is -2.28. The monoisotopic (exact) mass is 504 g/mol. The number of aromatic nitrogens is 3. The van der Waals surface area contributed by atoms with Crippen molar-refractivity contribution in [3.05, 3.63) is 137 Å². The van der Waals surface area contributed by atoms with Crippen LogP contribution in [-0.2, 0) is 19.5 Å². The molecule has 0 fully saturated rings. The van der Waals surface area contributed by atoms with Gasteiger partial charge in [0, 0.05) is 55.9 Å². The largest absolute Gasteiger partial charge is 0.494 e. The standard InChI is InChI=1S/C32H32N4O2/c37-32-12-9-29-22-30(10-11-31(29)36(32)25-27-6-2-1-3-7-27)38-21-5-19-35(24-28-13-17-33-18-14-28)20-15-26-8-4-16-34-23-26/h1-4,6-14,16-18,22-23H,5,15,19-21,24-25H2. The molecule has 3 heterocycles. The minimum Gasteiger partial charge on any atom is -0.494 e. The molecule has 6 heteroatoms. The van der Waals surface area contributed by atoms with E-state index < -0.39 is 0 Å². The number of nitrogens with zero attached hydrogens (tertiary/aromatic N) is 4. The van der Waals surface area contributed by atoms with E-state index in [1.807, 2.05) is 90.0 Å². The van der Waals surface area contributed by atoms with Gasteiger partial charge in [-0.1, -0.05) is 36.4 Å². The normalized spacial score (nSPS) is 11.2. The molecule has 0 unspecified atom stereocenters. The molecular formula is C32H32N4O2. The van der Waals surface area contributed by atoms with Gasteiger partial charge in [-0.05, 0) is 72.0 Å². The molecule has 0 aliphatic carbocycles. The van der Waals surface area contributed by atoms with Crippen molar-refractivity contribution in [2.24, 2.45) is 0 Å². The molecule has 0 amide bonds. The van der Waals surface area contributed by atoms with Gasteiger partial charge >= 0.3 is 0 Å². The number of rotatable bonds is 12. The minimum absolute atomic E-state index is 0.00408. The van der Waals surface area contributed by atoms with Crippen LogP contribution >= 0.6 is 0 Å². The predicted molar refractivity (Wildman–Crippen MR) is 151 cm³/mol. The average Bonchev–Trinajstić information content (AvgIpc) is 2.97. The third-order valence-corrected chi connectivity index (χ3v) is 6.63. The van der Waals surface area contributed by atoms with Gasteiger partial charge in [0.05, 0.1) is 18.7 Å².